The lowest BCUT2D eigenvalue weighted by atomic mass is 10.1. The zero-order chi connectivity index (χ0) is 19.4. The van der Waals surface area contributed by atoms with Gasteiger partial charge in [-0.15, -0.1) is 0 Å². The quantitative estimate of drug-likeness (QED) is 0.433. The Bertz CT molecular complexity index is 1140. The van der Waals surface area contributed by atoms with E-state index in [1.807, 2.05) is 0 Å². The number of anilines is 1. The summed E-state index contributed by atoms with van der Waals surface area (Å²) >= 11 is 0. The third-order valence-electron chi connectivity index (χ3n) is 3.80. The summed E-state index contributed by atoms with van der Waals surface area (Å²) in [4.78, 5) is 24.4. The lowest BCUT2D eigenvalue weighted by Crippen LogP contribution is -2.15. The molecule has 1 N–H and O–H groups in total. The molecule has 1 heterocycles. The van der Waals surface area contributed by atoms with E-state index >= 15 is 0 Å². The molecular formula is C20H13N2O5-. The van der Waals surface area contributed by atoms with Crippen molar-refractivity contribution in [2.75, 3.05) is 12.4 Å². The molecule has 0 atom stereocenters. The van der Waals surface area contributed by atoms with E-state index in [9.17, 15) is 20.0 Å². The van der Waals surface area contributed by atoms with Crippen molar-refractivity contribution in [1.29, 1.82) is 5.26 Å². The third kappa shape index (κ3) is 3.65. The van der Waals surface area contributed by atoms with Crippen LogP contribution >= 0.6 is 0 Å². The predicted octanol–water partition coefficient (Wildman–Crippen LogP) is 2.42. The van der Waals surface area contributed by atoms with Gasteiger partial charge in [-0.05, 0) is 36.4 Å². The van der Waals surface area contributed by atoms with Gasteiger partial charge in [0.05, 0.1) is 12.7 Å². The molecule has 0 fully saturated rings. The number of hydrogen-bond donors (Lipinski definition) is 1. The van der Waals surface area contributed by atoms with Crippen LogP contribution in [0.5, 0.6) is 11.5 Å². The predicted molar refractivity (Wildman–Crippen MR) is 97.1 cm³/mol. The summed E-state index contributed by atoms with van der Waals surface area (Å²) in [7, 11) is 1.51. The van der Waals surface area contributed by atoms with Crippen LogP contribution in [0.1, 0.15) is 5.56 Å². The van der Waals surface area contributed by atoms with E-state index in [1.54, 1.807) is 42.5 Å². The summed E-state index contributed by atoms with van der Waals surface area (Å²) < 4.78 is 10.1. The Hall–Kier alpha value is -4.05. The first-order valence-corrected chi connectivity index (χ1v) is 7.83. The minimum atomic E-state index is -0.913. The number of hydrogen-bond acceptors (Lipinski definition) is 6. The van der Waals surface area contributed by atoms with Crippen molar-refractivity contribution < 1.29 is 19.1 Å². The zero-order valence-corrected chi connectivity index (χ0v) is 14.2. The standard InChI is InChI=1S/C20H14N2O5/c1-26-14-8-6-13(7-9-14)22-19(24)12(11-21)10-16-18(23)15-4-2-3-5-17(15)27-20(16)25/h2-10,23H,1H3,(H,22,24)/p-1/b12-10+. The minimum absolute atomic E-state index is 0.144. The van der Waals surface area contributed by atoms with Gasteiger partial charge in [0.25, 0.3) is 5.91 Å². The fourth-order valence-electron chi connectivity index (χ4n) is 2.43. The molecule has 1 amide bonds. The number of para-hydroxylation sites is 1. The molecule has 1 aromatic heterocycles. The summed E-state index contributed by atoms with van der Waals surface area (Å²) in [5, 5.41) is 24.5. The number of carbonyl (C=O) groups is 1. The highest BCUT2D eigenvalue weighted by molar-refractivity contribution is 6.10. The Balaban J connectivity index is 1.96. The first kappa shape index (κ1) is 17.8. The van der Waals surface area contributed by atoms with Gasteiger partial charge in [-0.3, -0.25) is 4.79 Å². The number of amides is 1. The van der Waals surface area contributed by atoms with Gasteiger partial charge in [0, 0.05) is 11.1 Å². The molecule has 3 rings (SSSR count). The molecule has 134 valence electrons. The van der Waals surface area contributed by atoms with Crippen LogP contribution < -0.4 is 20.8 Å². The summed E-state index contributed by atoms with van der Waals surface area (Å²) in [6, 6.07) is 14.4. The van der Waals surface area contributed by atoms with Crippen molar-refractivity contribution in [2.24, 2.45) is 0 Å². The van der Waals surface area contributed by atoms with Crippen LogP contribution in [-0.2, 0) is 4.79 Å². The normalized spacial score (nSPS) is 11.0. The molecule has 0 bridgehead atoms. The summed E-state index contributed by atoms with van der Waals surface area (Å²) in [5.74, 6) is -0.754. The van der Waals surface area contributed by atoms with Crippen LogP contribution in [-0.4, -0.2) is 13.0 Å². The molecule has 0 saturated carbocycles. The number of carbonyl (C=O) groups excluding carboxylic acids is 1. The minimum Gasteiger partial charge on any atom is -0.871 e. The van der Waals surface area contributed by atoms with Crippen molar-refractivity contribution in [3.8, 4) is 17.6 Å². The molecule has 0 aliphatic carbocycles. The van der Waals surface area contributed by atoms with Gasteiger partial charge in [0.1, 0.15) is 23.0 Å². The number of ether oxygens (including phenoxy) is 1. The largest absolute Gasteiger partial charge is 0.871 e. The summed E-state index contributed by atoms with van der Waals surface area (Å²) in [6.45, 7) is 0. The van der Waals surface area contributed by atoms with Crippen LogP contribution in [0.3, 0.4) is 0 Å². The smallest absolute Gasteiger partial charge is 0.342 e. The third-order valence-corrected chi connectivity index (χ3v) is 3.80. The monoisotopic (exact) mass is 361 g/mol. The van der Waals surface area contributed by atoms with Gasteiger partial charge in [0.15, 0.2) is 0 Å². The second-order valence-electron chi connectivity index (χ2n) is 5.48. The average molecular weight is 361 g/mol. The second-order valence-corrected chi connectivity index (χ2v) is 5.48. The number of nitriles is 1. The number of methoxy groups -OCH3 is 1. The second kappa shape index (κ2) is 7.45. The summed E-state index contributed by atoms with van der Waals surface area (Å²) in [6.07, 6.45) is 0.944. The molecule has 2 aromatic carbocycles. The molecule has 27 heavy (non-hydrogen) atoms. The SMILES string of the molecule is COc1ccc(NC(=O)/C(C#N)=C/c2c([O-])c3ccccc3oc2=O)cc1. The van der Waals surface area contributed by atoms with Crippen molar-refractivity contribution in [3.05, 3.63) is 70.1 Å². The number of rotatable bonds is 4. The fraction of sp³-hybridized carbons (Fsp3) is 0.0500. The lowest BCUT2D eigenvalue weighted by molar-refractivity contribution is -0.266. The van der Waals surface area contributed by atoms with E-state index in [1.165, 1.54) is 19.2 Å². The Morgan fingerprint density at radius 1 is 1.22 bits per heavy atom. The Labute approximate surface area is 153 Å². The Kier molecular flexibility index (Phi) is 4.90. The number of benzene rings is 2. The number of fused-ring (bicyclic) bond motifs is 1. The molecule has 0 aliphatic heterocycles. The van der Waals surface area contributed by atoms with Gasteiger partial charge in [0.2, 0.25) is 0 Å². The molecule has 7 heteroatoms. The highest BCUT2D eigenvalue weighted by Crippen LogP contribution is 2.25. The van der Waals surface area contributed by atoms with Gasteiger partial charge in [-0.25, -0.2) is 4.79 Å². The topological polar surface area (TPSA) is 115 Å². The van der Waals surface area contributed by atoms with Crippen LogP contribution in [0.15, 0.2) is 63.3 Å². The lowest BCUT2D eigenvalue weighted by Gasteiger charge is -2.12. The highest BCUT2D eigenvalue weighted by Gasteiger charge is 2.13. The number of nitrogens with zero attached hydrogens (tertiary/aromatic N) is 1. The molecule has 7 nitrogen and oxygen atoms in total. The van der Waals surface area contributed by atoms with Gasteiger partial charge >= 0.3 is 5.63 Å². The number of nitrogens with one attached hydrogen (secondary N) is 1. The molecule has 0 radical (unpaired) electrons. The van der Waals surface area contributed by atoms with Crippen molar-refractivity contribution in [2.45, 2.75) is 0 Å². The summed E-state index contributed by atoms with van der Waals surface area (Å²) in [5.41, 5.74) is -1.12. The van der Waals surface area contributed by atoms with E-state index in [0.29, 0.717) is 11.4 Å². The van der Waals surface area contributed by atoms with E-state index in [2.05, 4.69) is 5.32 Å². The molecule has 0 aliphatic rings. The first-order chi connectivity index (χ1) is 13.0. The maximum Gasteiger partial charge on any atom is 0.342 e. The Morgan fingerprint density at radius 2 is 1.93 bits per heavy atom. The molecule has 3 aromatic rings. The van der Waals surface area contributed by atoms with Crippen molar-refractivity contribution >= 4 is 28.6 Å². The molecule has 0 saturated heterocycles. The van der Waals surface area contributed by atoms with Crippen LogP contribution in [0.2, 0.25) is 0 Å². The highest BCUT2D eigenvalue weighted by atomic mass is 16.5. The van der Waals surface area contributed by atoms with Gasteiger partial charge in [-0.1, -0.05) is 23.9 Å². The van der Waals surface area contributed by atoms with Crippen molar-refractivity contribution in [1.82, 2.24) is 0 Å². The van der Waals surface area contributed by atoms with Gasteiger partial charge < -0.3 is 19.6 Å². The molecule has 0 unspecified atom stereocenters. The molecular weight excluding hydrogens is 348 g/mol. The van der Waals surface area contributed by atoms with Gasteiger partial charge in [-0.2, -0.15) is 5.26 Å². The van der Waals surface area contributed by atoms with E-state index in [4.69, 9.17) is 9.15 Å². The van der Waals surface area contributed by atoms with Crippen LogP contribution in [0, 0.1) is 11.3 Å². The average Bonchev–Trinajstić information content (AvgIpc) is 2.68. The fourth-order valence-corrected chi connectivity index (χ4v) is 2.43. The maximum atomic E-state index is 12.5. The first-order valence-electron chi connectivity index (χ1n) is 7.83. The molecule has 0 spiro atoms. The van der Waals surface area contributed by atoms with E-state index in [-0.39, 0.29) is 16.5 Å². The van der Waals surface area contributed by atoms with Crippen LogP contribution in [0.4, 0.5) is 5.69 Å². The van der Waals surface area contributed by atoms with E-state index < -0.39 is 22.9 Å². The van der Waals surface area contributed by atoms with Crippen molar-refractivity contribution in [3.63, 3.8) is 0 Å². The Morgan fingerprint density at radius 3 is 2.59 bits per heavy atom. The van der Waals surface area contributed by atoms with E-state index in [0.717, 1.165) is 6.08 Å². The van der Waals surface area contributed by atoms with Crippen LogP contribution in [0.25, 0.3) is 17.0 Å². The maximum absolute atomic E-state index is 12.5. The zero-order valence-electron chi connectivity index (χ0n) is 14.2.